The van der Waals surface area contributed by atoms with E-state index in [0.717, 1.165) is 41.1 Å². The van der Waals surface area contributed by atoms with Crippen molar-refractivity contribution >= 4 is 33.7 Å². The number of fused-ring (bicyclic) bond motifs is 3. The molecule has 6 nitrogen and oxygen atoms in total. The van der Waals surface area contributed by atoms with Crippen molar-refractivity contribution in [2.45, 2.75) is 57.2 Å². The largest absolute Gasteiger partial charge is 0.389 e. The van der Waals surface area contributed by atoms with E-state index in [1.54, 1.807) is 0 Å². The minimum Gasteiger partial charge on any atom is -0.389 e. The number of nitrogens with zero attached hydrogens (tertiary/aromatic N) is 2. The predicted octanol–water partition coefficient (Wildman–Crippen LogP) is 4.05. The standard InChI is InChI=1S/C25H29N3O3/c1-2-17-11-13-25(14-12-17)23(30)28(24(31)26-25)16-18(29)15-27-21-9-5-3-7-19(21)20-8-4-6-10-22(20)27/h3-10,17-18,29H,2,11-16H2,1H3,(H,26,31). The number of hydrogen-bond acceptors (Lipinski definition) is 3. The van der Waals surface area contributed by atoms with Crippen LogP contribution >= 0.6 is 0 Å². The molecular weight excluding hydrogens is 390 g/mol. The van der Waals surface area contributed by atoms with E-state index in [1.165, 1.54) is 4.90 Å². The average Bonchev–Trinajstić information content (AvgIpc) is 3.22. The van der Waals surface area contributed by atoms with Gasteiger partial charge in [-0.15, -0.1) is 0 Å². The van der Waals surface area contributed by atoms with Gasteiger partial charge in [-0.2, -0.15) is 0 Å². The highest BCUT2D eigenvalue weighted by Crippen LogP contribution is 2.37. The van der Waals surface area contributed by atoms with Crippen LogP contribution in [0.2, 0.25) is 0 Å². The lowest BCUT2D eigenvalue weighted by Crippen LogP contribution is -2.50. The molecule has 1 saturated heterocycles. The van der Waals surface area contributed by atoms with E-state index in [4.69, 9.17) is 0 Å². The number of carbonyl (C=O) groups is 2. The molecule has 2 aliphatic rings. The van der Waals surface area contributed by atoms with E-state index in [0.29, 0.717) is 25.3 Å². The van der Waals surface area contributed by atoms with Gasteiger partial charge in [0.25, 0.3) is 5.91 Å². The predicted molar refractivity (Wildman–Crippen MR) is 121 cm³/mol. The number of β-amino-alcohol motifs (C(OH)–C–C–N with tert-alkyl or cyclic N) is 1. The third-order valence-electron chi connectivity index (χ3n) is 7.25. The molecule has 6 heteroatoms. The van der Waals surface area contributed by atoms with Crippen LogP contribution in [0.15, 0.2) is 48.5 Å². The topological polar surface area (TPSA) is 74.6 Å². The first-order valence-electron chi connectivity index (χ1n) is 11.3. The average molecular weight is 420 g/mol. The van der Waals surface area contributed by atoms with Gasteiger partial charge in [0.2, 0.25) is 0 Å². The number of aliphatic hydroxyl groups is 1. The SMILES string of the molecule is CCC1CCC2(CC1)NC(=O)N(CC(O)Cn1c3ccccc3c3ccccc31)C2=O. The van der Waals surface area contributed by atoms with Crippen molar-refractivity contribution in [1.29, 1.82) is 0 Å². The lowest BCUT2D eigenvalue weighted by atomic mass is 9.75. The highest BCUT2D eigenvalue weighted by Gasteiger charge is 2.52. The molecule has 2 fully saturated rings. The minimum atomic E-state index is -0.851. The summed E-state index contributed by atoms with van der Waals surface area (Å²) in [5.74, 6) is 0.457. The van der Waals surface area contributed by atoms with Crippen LogP contribution in [0.25, 0.3) is 21.8 Å². The Balaban J connectivity index is 1.36. The summed E-state index contributed by atoms with van der Waals surface area (Å²) in [7, 11) is 0. The van der Waals surface area contributed by atoms with Crippen LogP contribution in [-0.2, 0) is 11.3 Å². The Morgan fingerprint density at radius 3 is 2.16 bits per heavy atom. The molecule has 3 aromatic rings. The minimum absolute atomic E-state index is 0.00442. The number of hydrogen-bond donors (Lipinski definition) is 2. The van der Waals surface area contributed by atoms with E-state index in [-0.39, 0.29) is 18.5 Å². The lowest BCUT2D eigenvalue weighted by molar-refractivity contribution is -0.133. The molecule has 1 saturated carbocycles. The molecule has 1 spiro atoms. The Kier molecular flexibility index (Phi) is 4.97. The maximum absolute atomic E-state index is 13.2. The van der Waals surface area contributed by atoms with E-state index in [1.807, 2.05) is 36.4 Å². The first kappa shape index (κ1) is 20.1. The monoisotopic (exact) mass is 419 g/mol. The number of amides is 3. The van der Waals surface area contributed by atoms with Crippen LogP contribution in [0.4, 0.5) is 4.79 Å². The molecule has 162 valence electrons. The quantitative estimate of drug-likeness (QED) is 0.613. The molecule has 0 bridgehead atoms. The Morgan fingerprint density at radius 2 is 1.58 bits per heavy atom. The highest BCUT2D eigenvalue weighted by molar-refractivity contribution is 6.08. The number of aliphatic hydroxyl groups excluding tert-OH is 1. The first-order valence-corrected chi connectivity index (χ1v) is 11.3. The smallest absolute Gasteiger partial charge is 0.325 e. The fraction of sp³-hybridized carbons (Fsp3) is 0.440. The number of aromatic nitrogens is 1. The van der Waals surface area contributed by atoms with Crippen LogP contribution in [0, 0.1) is 5.92 Å². The maximum Gasteiger partial charge on any atom is 0.325 e. The van der Waals surface area contributed by atoms with E-state index >= 15 is 0 Å². The van der Waals surface area contributed by atoms with Crippen LogP contribution in [0.1, 0.15) is 39.0 Å². The summed E-state index contributed by atoms with van der Waals surface area (Å²) in [6, 6.07) is 15.8. The third-order valence-corrected chi connectivity index (χ3v) is 7.25. The zero-order valence-corrected chi connectivity index (χ0v) is 17.9. The molecule has 5 rings (SSSR count). The Morgan fingerprint density at radius 1 is 1.00 bits per heavy atom. The molecule has 2 aromatic carbocycles. The summed E-state index contributed by atoms with van der Waals surface area (Å²) in [4.78, 5) is 27.1. The summed E-state index contributed by atoms with van der Waals surface area (Å²) < 4.78 is 2.08. The van der Waals surface area contributed by atoms with E-state index in [9.17, 15) is 14.7 Å². The van der Waals surface area contributed by atoms with Gasteiger partial charge in [-0.1, -0.05) is 49.7 Å². The van der Waals surface area contributed by atoms with Crippen molar-refractivity contribution in [1.82, 2.24) is 14.8 Å². The maximum atomic E-state index is 13.2. The number of benzene rings is 2. The molecule has 2 N–H and O–H groups in total. The van der Waals surface area contributed by atoms with Crippen molar-refractivity contribution in [2.75, 3.05) is 6.54 Å². The Hall–Kier alpha value is -2.86. The Bertz CT molecular complexity index is 1090. The number of urea groups is 1. The summed E-state index contributed by atoms with van der Waals surface area (Å²) in [5, 5.41) is 16.1. The van der Waals surface area contributed by atoms with Gasteiger partial charge in [-0.05, 0) is 43.7 Å². The molecule has 1 aromatic heterocycles. The van der Waals surface area contributed by atoms with E-state index in [2.05, 4.69) is 28.9 Å². The second-order valence-electron chi connectivity index (χ2n) is 9.08. The van der Waals surface area contributed by atoms with Gasteiger partial charge < -0.3 is 15.0 Å². The van der Waals surface area contributed by atoms with Crippen LogP contribution in [-0.4, -0.2) is 44.7 Å². The van der Waals surface area contributed by atoms with Crippen molar-refractivity contribution in [3.8, 4) is 0 Å². The molecule has 31 heavy (non-hydrogen) atoms. The van der Waals surface area contributed by atoms with Crippen LogP contribution in [0.5, 0.6) is 0 Å². The van der Waals surface area contributed by atoms with Gasteiger partial charge in [-0.25, -0.2) is 4.79 Å². The van der Waals surface area contributed by atoms with E-state index < -0.39 is 11.6 Å². The molecular formula is C25H29N3O3. The number of para-hydroxylation sites is 2. The molecule has 1 atom stereocenters. The number of nitrogens with one attached hydrogen (secondary N) is 1. The van der Waals surface area contributed by atoms with Gasteiger partial charge in [-0.3, -0.25) is 9.69 Å². The second kappa shape index (κ2) is 7.68. The first-order chi connectivity index (χ1) is 15.0. The molecule has 1 aliphatic carbocycles. The van der Waals surface area contributed by atoms with Gasteiger partial charge in [0.1, 0.15) is 5.54 Å². The molecule has 1 aliphatic heterocycles. The normalized spacial score (nSPS) is 25.0. The van der Waals surface area contributed by atoms with Crippen molar-refractivity contribution in [3.63, 3.8) is 0 Å². The molecule has 1 unspecified atom stereocenters. The number of carbonyl (C=O) groups excluding carboxylic acids is 2. The van der Waals surface area contributed by atoms with Crippen LogP contribution < -0.4 is 5.32 Å². The zero-order chi connectivity index (χ0) is 21.6. The summed E-state index contributed by atoms with van der Waals surface area (Å²) in [6.07, 6.45) is 3.56. The van der Waals surface area contributed by atoms with Crippen LogP contribution in [0.3, 0.4) is 0 Å². The molecule has 0 radical (unpaired) electrons. The summed E-state index contributed by atoms with van der Waals surface area (Å²) in [6.45, 7) is 2.50. The fourth-order valence-corrected chi connectivity index (χ4v) is 5.44. The van der Waals surface area contributed by atoms with Gasteiger partial charge in [0, 0.05) is 21.8 Å². The third kappa shape index (κ3) is 3.30. The summed E-state index contributed by atoms with van der Waals surface area (Å²) in [5.41, 5.74) is 1.30. The van der Waals surface area contributed by atoms with Gasteiger partial charge in [0.05, 0.1) is 19.2 Å². The van der Waals surface area contributed by atoms with Crippen molar-refractivity contribution in [3.05, 3.63) is 48.5 Å². The van der Waals surface area contributed by atoms with Gasteiger partial charge in [0.15, 0.2) is 0 Å². The second-order valence-corrected chi connectivity index (χ2v) is 9.08. The fourth-order valence-electron chi connectivity index (χ4n) is 5.44. The van der Waals surface area contributed by atoms with Crippen molar-refractivity contribution < 1.29 is 14.7 Å². The lowest BCUT2D eigenvalue weighted by Gasteiger charge is -2.34. The Labute approximate surface area is 181 Å². The highest BCUT2D eigenvalue weighted by atomic mass is 16.3. The molecule has 2 heterocycles. The zero-order valence-electron chi connectivity index (χ0n) is 17.9. The molecule has 3 amide bonds. The number of imide groups is 1. The van der Waals surface area contributed by atoms with Crippen molar-refractivity contribution in [2.24, 2.45) is 5.92 Å². The van der Waals surface area contributed by atoms with Gasteiger partial charge >= 0.3 is 6.03 Å². The summed E-state index contributed by atoms with van der Waals surface area (Å²) >= 11 is 0. The number of rotatable bonds is 5.